The lowest BCUT2D eigenvalue weighted by Crippen LogP contribution is -2.47. The Balaban J connectivity index is 1.23. The minimum absolute atomic E-state index is 0.117. The number of halogens is 1. The molecule has 1 N–H and O–H groups in total. The Morgan fingerprint density at radius 3 is 2.55 bits per heavy atom. The van der Waals surface area contributed by atoms with Crippen molar-refractivity contribution < 1.29 is 9.59 Å². The van der Waals surface area contributed by atoms with E-state index in [4.69, 9.17) is 11.6 Å². The first-order valence-corrected chi connectivity index (χ1v) is 11.1. The van der Waals surface area contributed by atoms with Gasteiger partial charge in [0, 0.05) is 69.5 Å². The van der Waals surface area contributed by atoms with Crippen LogP contribution in [0.25, 0.3) is 0 Å². The lowest BCUT2D eigenvalue weighted by molar-refractivity contribution is -0.136. The van der Waals surface area contributed by atoms with Crippen LogP contribution in [0.3, 0.4) is 0 Å². The van der Waals surface area contributed by atoms with Crippen LogP contribution in [-0.2, 0) is 9.59 Å². The van der Waals surface area contributed by atoms with Crippen molar-refractivity contribution in [1.82, 2.24) is 15.1 Å². The SMILES string of the molecule is CC(=O)N1CCC2(CC1)C[C@H](CCN1CCN(c3cccc(Cl)c3)CC1)NC2=O. The van der Waals surface area contributed by atoms with Crippen molar-refractivity contribution in [2.75, 3.05) is 50.7 Å². The van der Waals surface area contributed by atoms with Crippen LogP contribution in [0, 0.1) is 5.41 Å². The molecule has 4 rings (SSSR count). The molecule has 0 aromatic heterocycles. The smallest absolute Gasteiger partial charge is 0.226 e. The van der Waals surface area contributed by atoms with Gasteiger partial charge in [-0.25, -0.2) is 0 Å². The average Bonchev–Trinajstić information content (AvgIpc) is 3.02. The summed E-state index contributed by atoms with van der Waals surface area (Å²) in [5.41, 5.74) is 0.945. The number of hydrogen-bond donors (Lipinski definition) is 1. The van der Waals surface area contributed by atoms with Gasteiger partial charge in [0.15, 0.2) is 0 Å². The molecule has 7 heteroatoms. The normalized spacial score (nSPS) is 24.8. The van der Waals surface area contributed by atoms with Crippen LogP contribution in [-0.4, -0.2) is 73.5 Å². The molecule has 3 heterocycles. The number of carbonyl (C=O) groups excluding carboxylic acids is 2. The van der Waals surface area contributed by atoms with Gasteiger partial charge in [-0.1, -0.05) is 17.7 Å². The Kier molecular flexibility index (Phi) is 6.02. The molecule has 29 heavy (non-hydrogen) atoms. The lowest BCUT2D eigenvalue weighted by Gasteiger charge is -2.37. The summed E-state index contributed by atoms with van der Waals surface area (Å²) in [4.78, 5) is 31.0. The van der Waals surface area contributed by atoms with Crippen molar-refractivity contribution in [3.63, 3.8) is 0 Å². The molecule has 1 aromatic rings. The first-order valence-electron chi connectivity index (χ1n) is 10.7. The third-order valence-electron chi connectivity index (χ3n) is 6.96. The maximum absolute atomic E-state index is 12.7. The van der Waals surface area contributed by atoms with Gasteiger partial charge in [-0.2, -0.15) is 0 Å². The number of piperazine rings is 1. The number of carbonyl (C=O) groups is 2. The van der Waals surface area contributed by atoms with Crippen LogP contribution in [0.4, 0.5) is 5.69 Å². The zero-order valence-corrected chi connectivity index (χ0v) is 18.0. The van der Waals surface area contributed by atoms with Crippen LogP contribution in [0.1, 0.15) is 32.6 Å². The summed E-state index contributed by atoms with van der Waals surface area (Å²) in [6.45, 7) is 8.12. The van der Waals surface area contributed by atoms with Gasteiger partial charge < -0.3 is 15.1 Å². The molecular formula is C22H31ClN4O2. The first kappa shape index (κ1) is 20.5. The fourth-order valence-corrected chi connectivity index (χ4v) is 5.23. The Bertz CT molecular complexity index is 755. The predicted molar refractivity (Wildman–Crippen MR) is 115 cm³/mol. The summed E-state index contributed by atoms with van der Waals surface area (Å²) >= 11 is 6.12. The zero-order valence-electron chi connectivity index (χ0n) is 17.2. The van der Waals surface area contributed by atoms with Crippen molar-refractivity contribution >= 4 is 29.1 Å². The molecule has 0 aliphatic carbocycles. The van der Waals surface area contributed by atoms with E-state index in [1.165, 1.54) is 5.69 Å². The van der Waals surface area contributed by atoms with Gasteiger partial charge in [0.1, 0.15) is 0 Å². The lowest BCUT2D eigenvalue weighted by atomic mass is 9.75. The van der Waals surface area contributed by atoms with Gasteiger partial charge in [0.25, 0.3) is 0 Å². The molecular weight excluding hydrogens is 388 g/mol. The number of piperidine rings is 1. The number of nitrogens with one attached hydrogen (secondary N) is 1. The summed E-state index contributed by atoms with van der Waals surface area (Å²) in [5.74, 6) is 0.322. The number of likely N-dealkylation sites (tertiary alicyclic amines) is 1. The molecule has 3 saturated heterocycles. The monoisotopic (exact) mass is 418 g/mol. The van der Waals surface area contributed by atoms with Gasteiger partial charge in [0.2, 0.25) is 11.8 Å². The molecule has 6 nitrogen and oxygen atoms in total. The Hall–Kier alpha value is -1.79. The van der Waals surface area contributed by atoms with Crippen LogP contribution in [0.2, 0.25) is 5.02 Å². The van der Waals surface area contributed by atoms with Gasteiger partial charge in [-0.3, -0.25) is 14.5 Å². The number of benzene rings is 1. The van der Waals surface area contributed by atoms with Gasteiger partial charge >= 0.3 is 0 Å². The largest absolute Gasteiger partial charge is 0.369 e. The third kappa shape index (κ3) is 4.53. The molecule has 3 fully saturated rings. The second-order valence-corrected chi connectivity index (χ2v) is 9.19. The van der Waals surface area contributed by atoms with E-state index in [1.807, 2.05) is 23.1 Å². The van der Waals surface area contributed by atoms with E-state index in [9.17, 15) is 9.59 Å². The summed E-state index contributed by atoms with van der Waals surface area (Å²) in [6, 6.07) is 8.32. The Labute approximate surface area is 178 Å². The minimum Gasteiger partial charge on any atom is -0.369 e. The average molecular weight is 419 g/mol. The summed E-state index contributed by atoms with van der Waals surface area (Å²) in [7, 11) is 0. The highest BCUT2D eigenvalue weighted by Crippen LogP contribution is 2.41. The van der Waals surface area contributed by atoms with E-state index in [1.54, 1.807) is 6.92 Å². The molecule has 3 aliphatic rings. The maximum Gasteiger partial charge on any atom is 0.226 e. The molecule has 0 saturated carbocycles. The Morgan fingerprint density at radius 2 is 1.90 bits per heavy atom. The number of anilines is 1. The van der Waals surface area contributed by atoms with Gasteiger partial charge in [-0.05, 0) is 43.9 Å². The summed E-state index contributed by atoms with van der Waals surface area (Å²) < 4.78 is 0. The highest BCUT2D eigenvalue weighted by molar-refractivity contribution is 6.30. The molecule has 0 unspecified atom stereocenters. The van der Waals surface area contributed by atoms with E-state index in [0.717, 1.165) is 63.4 Å². The second kappa shape index (κ2) is 8.52. The molecule has 1 spiro atoms. The molecule has 0 radical (unpaired) electrons. The third-order valence-corrected chi connectivity index (χ3v) is 7.19. The van der Waals surface area contributed by atoms with E-state index in [-0.39, 0.29) is 23.3 Å². The van der Waals surface area contributed by atoms with Crippen molar-refractivity contribution in [2.45, 2.75) is 38.6 Å². The summed E-state index contributed by atoms with van der Waals surface area (Å²) in [6.07, 6.45) is 3.52. The van der Waals surface area contributed by atoms with E-state index in [2.05, 4.69) is 21.2 Å². The van der Waals surface area contributed by atoms with E-state index >= 15 is 0 Å². The van der Waals surface area contributed by atoms with E-state index < -0.39 is 0 Å². The maximum atomic E-state index is 12.7. The van der Waals surface area contributed by atoms with Crippen molar-refractivity contribution in [1.29, 1.82) is 0 Å². The number of nitrogens with zero attached hydrogens (tertiary/aromatic N) is 3. The molecule has 1 aromatic carbocycles. The highest BCUT2D eigenvalue weighted by atomic mass is 35.5. The van der Waals surface area contributed by atoms with Crippen molar-refractivity contribution in [3.8, 4) is 0 Å². The van der Waals surface area contributed by atoms with E-state index in [0.29, 0.717) is 13.1 Å². The van der Waals surface area contributed by atoms with Crippen LogP contribution < -0.4 is 10.2 Å². The number of amides is 2. The van der Waals surface area contributed by atoms with Crippen molar-refractivity contribution in [2.24, 2.45) is 5.41 Å². The standard InChI is InChI=1S/C22H31ClN4O2/c1-17(28)26-9-6-22(7-10-26)16-19(24-21(22)29)5-8-25-11-13-27(14-12-25)20-4-2-3-18(23)15-20/h2-4,15,19H,5-14,16H2,1H3,(H,24,29)/t19-/m0/s1. The predicted octanol–water partition coefficient (Wildman–Crippen LogP) is 2.37. The fraction of sp³-hybridized carbons (Fsp3) is 0.636. The molecule has 3 aliphatic heterocycles. The van der Waals surface area contributed by atoms with Gasteiger partial charge in [-0.15, -0.1) is 0 Å². The van der Waals surface area contributed by atoms with Crippen LogP contribution in [0.15, 0.2) is 24.3 Å². The quantitative estimate of drug-likeness (QED) is 0.815. The molecule has 2 amide bonds. The molecule has 1 atom stereocenters. The molecule has 158 valence electrons. The van der Waals surface area contributed by atoms with Crippen LogP contribution >= 0.6 is 11.6 Å². The van der Waals surface area contributed by atoms with Crippen molar-refractivity contribution in [3.05, 3.63) is 29.3 Å². The highest BCUT2D eigenvalue weighted by Gasteiger charge is 2.48. The molecule has 0 bridgehead atoms. The second-order valence-electron chi connectivity index (χ2n) is 8.76. The number of rotatable bonds is 4. The topological polar surface area (TPSA) is 55.9 Å². The summed E-state index contributed by atoms with van der Waals surface area (Å²) in [5, 5.41) is 4.03. The van der Waals surface area contributed by atoms with Crippen LogP contribution in [0.5, 0.6) is 0 Å². The number of hydrogen-bond acceptors (Lipinski definition) is 4. The zero-order chi connectivity index (χ0) is 20.4. The minimum atomic E-state index is -0.248. The first-order chi connectivity index (χ1) is 13.9. The fourth-order valence-electron chi connectivity index (χ4n) is 5.05. The Morgan fingerprint density at radius 1 is 1.17 bits per heavy atom. The van der Waals surface area contributed by atoms with Gasteiger partial charge in [0.05, 0.1) is 5.41 Å².